The molecule has 0 aromatic rings. The van der Waals surface area contributed by atoms with E-state index in [-0.39, 0.29) is 0 Å². The minimum absolute atomic E-state index is 0.887. The molecule has 0 saturated heterocycles. The van der Waals surface area contributed by atoms with Gasteiger partial charge in [0.1, 0.15) is 0 Å². The molecule has 3 saturated carbocycles. The van der Waals surface area contributed by atoms with Gasteiger partial charge < -0.3 is 0 Å². The van der Waals surface area contributed by atoms with Gasteiger partial charge in [-0.3, -0.25) is 0 Å². The van der Waals surface area contributed by atoms with Crippen LogP contribution in [-0.2, 0) is 0 Å². The van der Waals surface area contributed by atoms with Crippen LogP contribution in [0.15, 0.2) is 11.6 Å². The van der Waals surface area contributed by atoms with Crippen LogP contribution in [0.3, 0.4) is 0 Å². The maximum absolute atomic E-state index is 2.73. The van der Waals surface area contributed by atoms with Gasteiger partial charge in [-0.25, -0.2) is 0 Å². The molecular formula is C28H50. The Morgan fingerprint density at radius 3 is 2.29 bits per heavy atom. The summed E-state index contributed by atoms with van der Waals surface area (Å²) in [6.45, 7) is 11.6. The van der Waals surface area contributed by atoms with E-state index in [2.05, 4.69) is 40.7 Å². The van der Waals surface area contributed by atoms with E-state index < -0.39 is 0 Å². The summed E-state index contributed by atoms with van der Waals surface area (Å²) in [4.78, 5) is 0. The van der Waals surface area contributed by atoms with E-state index in [1.165, 1.54) is 57.8 Å². The van der Waals surface area contributed by atoms with Crippen LogP contribution in [0, 0.1) is 47.3 Å². The van der Waals surface area contributed by atoms with Crippen LogP contribution in [0.4, 0.5) is 0 Å². The fourth-order valence-corrected chi connectivity index (χ4v) is 7.72. The molecule has 4 aliphatic rings. The second kappa shape index (κ2) is 10.7. The third-order valence-electron chi connectivity index (χ3n) is 8.91. The molecule has 0 heteroatoms. The number of allylic oxidation sites excluding steroid dienone is 2. The molecule has 0 amide bonds. The van der Waals surface area contributed by atoms with Crippen molar-refractivity contribution in [1.82, 2.24) is 0 Å². The first-order chi connectivity index (χ1) is 13.6. The zero-order valence-corrected chi connectivity index (χ0v) is 19.9. The molecular weight excluding hydrogens is 336 g/mol. The molecule has 0 N–H and O–H groups in total. The third-order valence-corrected chi connectivity index (χ3v) is 8.91. The lowest BCUT2D eigenvalue weighted by Crippen LogP contribution is -2.41. The van der Waals surface area contributed by atoms with E-state index in [9.17, 15) is 0 Å². The fourth-order valence-electron chi connectivity index (χ4n) is 7.72. The molecule has 0 radical (unpaired) electrons. The minimum Gasteiger partial charge on any atom is -0.0847 e. The highest BCUT2D eigenvalue weighted by Crippen LogP contribution is 2.59. The van der Waals surface area contributed by atoms with Crippen molar-refractivity contribution in [3.63, 3.8) is 0 Å². The van der Waals surface area contributed by atoms with Crippen molar-refractivity contribution in [2.75, 3.05) is 0 Å². The van der Waals surface area contributed by atoms with Gasteiger partial charge in [-0.15, -0.1) is 0 Å². The summed E-state index contributed by atoms with van der Waals surface area (Å²) in [6.07, 6.45) is 22.1. The number of fused-ring (bicyclic) bond motifs is 5. The lowest BCUT2D eigenvalue weighted by atomic mass is 9.56. The molecule has 0 nitrogen and oxygen atoms in total. The summed E-state index contributed by atoms with van der Waals surface area (Å²) in [5.41, 5.74) is 1.89. The molecule has 0 bridgehead atoms. The largest absolute Gasteiger partial charge is 0.0847 e. The van der Waals surface area contributed by atoms with Crippen LogP contribution in [0.2, 0.25) is 0 Å². The Balaban J connectivity index is 0.000000706. The summed E-state index contributed by atoms with van der Waals surface area (Å²) < 4.78 is 0. The number of hydrogen-bond acceptors (Lipinski definition) is 0. The highest BCUT2D eigenvalue weighted by Gasteiger charge is 2.50. The standard InChI is InChI=1S/C25H42.C3H8/c1-17(2)7-6-8-18(3)20-13-14-25-22(20)15-16-23-21-10-5-4-9-19(21)11-12-24(23)25;1-3-2/h11,17-18,20-25H,4-10,12-16H2,1-3H3;3H2,1-2H3. The van der Waals surface area contributed by atoms with Gasteiger partial charge in [0.25, 0.3) is 0 Å². The smallest absolute Gasteiger partial charge is 0.0172 e. The zero-order chi connectivity index (χ0) is 20.1. The van der Waals surface area contributed by atoms with Crippen molar-refractivity contribution in [2.45, 2.75) is 118 Å². The third kappa shape index (κ3) is 5.07. The summed E-state index contributed by atoms with van der Waals surface area (Å²) in [5.74, 6) is 8.28. The van der Waals surface area contributed by atoms with E-state index in [4.69, 9.17) is 0 Å². The topological polar surface area (TPSA) is 0 Å². The predicted molar refractivity (Wildman–Crippen MR) is 124 cm³/mol. The van der Waals surface area contributed by atoms with Gasteiger partial charge in [0, 0.05) is 0 Å². The zero-order valence-electron chi connectivity index (χ0n) is 19.9. The van der Waals surface area contributed by atoms with Crippen LogP contribution in [0.5, 0.6) is 0 Å². The molecule has 0 aromatic carbocycles. The van der Waals surface area contributed by atoms with Crippen LogP contribution in [-0.4, -0.2) is 0 Å². The first-order valence-electron chi connectivity index (χ1n) is 13.3. The number of rotatable bonds is 5. The van der Waals surface area contributed by atoms with Crippen molar-refractivity contribution in [3.05, 3.63) is 11.6 Å². The Morgan fingerprint density at radius 1 is 0.821 bits per heavy atom. The van der Waals surface area contributed by atoms with Gasteiger partial charge in [0.05, 0.1) is 0 Å². The van der Waals surface area contributed by atoms with Crippen LogP contribution >= 0.6 is 0 Å². The second-order valence-electron chi connectivity index (χ2n) is 11.4. The molecule has 0 aliphatic heterocycles. The average molecular weight is 387 g/mol. The fraction of sp³-hybridized carbons (Fsp3) is 0.929. The minimum atomic E-state index is 0.887. The average Bonchev–Trinajstić information content (AvgIpc) is 3.12. The quantitative estimate of drug-likeness (QED) is 0.413. The molecule has 7 atom stereocenters. The molecule has 4 aliphatic carbocycles. The maximum atomic E-state index is 2.73. The van der Waals surface area contributed by atoms with Crippen molar-refractivity contribution in [2.24, 2.45) is 47.3 Å². The SMILES string of the molecule is CC(C)CCCC(C)C1CCC2C1CCC1C3CCCCC3=CCC12.CCC. The van der Waals surface area contributed by atoms with E-state index in [0.29, 0.717) is 0 Å². The Bertz CT molecular complexity index is 486. The Hall–Kier alpha value is -0.260. The van der Waals surface area contributed by atoms with Crippen molar-refractivity contribution >= 4 is 0 Å². The summed E-state index contributed by atoms with van der Waals surface area (Å²) in [5, 5.41) is 0. The van der Waals surface area contributed by atoms with E-state index in [1.54, 1.807) is 25.7 Å². The Labute approximate surface area is 177 Å². The van der Waals surface area contributed by atoms with Crippen molar-refractivity contribution in [1.29, 1.82) is 0 Å². The van der Waals surface area contributed by atoms with Crippen LogP contribution in [0.25, 0.3) is 0 Å². The molecule has 0 aromatic heterocycles. The van der Waals surface area contributed by atoms with Gasteiger partial charge in [-0.05, 0) is 98.7 Å². The molecule has 4 rings (SSSR count). The molecule has 162 valence electrons. The maximum Gasteiger partial charge on any atom is -0.0172 e. The molecule has 0 heterocycles. The highest BCUT2D eigenvalue weighted by atomic mass is 14.5. The van der Waals surface area contributed by atoms with Gasteiger partial charge in [-0.1, -0.05) is 78.4 Å². The van der Waals surface area contributed by atoms with Crippen molar-refractivity contribution < 1.29 is 0 Å². The lowest BCUT2D eigenvalue weighted by Gasteiger charge is -2.49. The Kier molecular flexibility index (Phi) is 8.55. The first-order valence-corrected chi connectivity index (χ1v) is 13.3. The van der Waals surface area contributed by atoms with Crippen LogP contribution in [0.1, 0.15) is 118 Å². The summed E-state index contributed by atoms with van der Waals surface area (Å²) >= 11 is 0. The van der Waals surface area contributed by atoms with E-state index >= 15 is 0 Å². The Morgan fingerprint density at radius 2 is 1.54 bits per heavy atom. The van der Waals surface area contributed by atoms with Gasteiger partial charge in [-0.2, -0.15) is 0 Å². The van der Waals surface area contributed by atoms with E-state index in [1.807, 2.05) is 5.57 Å². The first kappa shape index (κ1) is 22.4. The van der Waals surface area contributed by atoms with Crippen LogP contribution < -0.4 is 0 Å². The van der Waals surface area contributed by atoms with Gasteiger partial charge in [0.2, 0.25) is 0 Å². The summed E-state index contributed by atoms with van der Waals surface area (Å²) in [6, 6.07) is 0. The molecule has 3 fully saturated rings. The molecule has 7 unspecified atom stereocenters. The predicted octanol–water partition coefficient (Wildman–Crippen LogP) is 9.05. The van der Waals surface area contributed by atoms with Gasteiger partial charge >= 0.3 is 0 Å². The highest BCUT2D eigenvalue weighted by molar-refractivity contribution is 5.17. The van der Waals surface area contributed by atoms with E-state index in [0.717, 1.165) is 47.3 Å². The molecule has 0 spiro atoms. The van der Waals surface area contributed by atoms with Crippen molar-refractivity contribution in [3.8, 4) is 0 Å². The number of hydrogen-bond donors (Lipinski definition) is 0. The monoisotopic (exact) mass is 386 g/mol. The van der Waals surface area contributed by atoms with Gasteiger partial charge in [0.15, 0.2) is 0 Å². The second-order valence-corrected chi connectivity index (χ2v) is 11.4. The molecule has 28 heavy (non-hydrogen) atoms. The lowest BCUT2D eigenvalue weighted by molar-refractivity contribution is 0.0417. The summed E-state index contributed by atoms with van der Waals surface area (Å²) in [7, 11) is 0. The normalized spacial score (nSPS) is 37.9.